The number of para-hydroxylation sites is 1. The van der Waals surface area contributed by atoms with Crippen LogP contribution in [0.15, 0.2) is 30.3 Å². The van der Waals surface area contributed by atoms with Crippen molar-refractivity contribution in [2.75, 3.05) is 19.7 Å². The van der Waals surface area contributed by atoms with Gasteiger partial charge >= 0.3 is 12.1 Å². The van der Waals surface area contributed by atoms with Crippen LogP contribution in [-0.4, -0.2) is 47.4 Å². The van der Waals surface area contributed by atoms with Crippen molar-refractivity contribution in [3.8, 4) is 5.75 Å². The topological polar surface area (TPSA) is 76.1 Å². The minimum absolute atomic E-state index is 0.0127. The molecule has 0 unspecified atom stereocenters. The van der Waals surface area contributed by atoms with E-state index in [1.165, 1.54) is 4.90 Å². The second-order valence-corrected chi connectivity index (χ2v) is 6.13. The number of carbonyl (C=O) groups is 2. The summed E-state index contributed by atoms with van der Waals surface area (Å²) in [5, 5.41) is 8.72. The van der Waals surface area contributed by atoms with Gasteiger partial charge in [-0.15, -0.1) is 0 Å². The minimum atomic E-state index is -0.880. The maximum atomic E-state index is 12.2. The van der Waals surface area contributed by atoms with Crippen molar-refractivity contribution in [1.29, 1.82) is 0 Å². The third-order valence-electron chi connectivity index (χ3n) is 2.84. The van der Waals surface area contributed by atoms with Gasteiger partial charge in [0.2, 0.25) is 0 Å². The van der Waals surface area contributed by atoms with Crippen LogP contribution in [-0.2, 0) is 9.53 Å². The predicted molar refractivity (Wildman–Crippen MR) is 86.6 cm³/mol. The van der Waals surface area contributed by atoms with Crippen molar-refractivity contribution >= 4 is 12.1 Å². The van der Waals surface area contributed by atoms with E-state index >= 15 is 0 Å². The Bertz CT molecular complexity index is 495. The fourth-order valence-corrected chi connectivity index (χ4v) is 1.83. The molecule has 6 nitrogen and oxygen atoms in total. The van der Waals surface area contributed by atoms with E-state index in [1.54, 1.807) is 20.8 Å². The summed E-state index contributed by atoms with van der Waals surface area (Å²) >= 11 is 0. The number of nitrogens with zero attached hydrogens (tertiary/aromatic N) is 1. The van der Waals surface area contributed by atoms with Gasteiger partial charge in [-0.3, -0.25) is 4.79 Å². The molecule has 1 rings (SSSR count). The third-order valence-corrected chi connectivity index (χ3v) is 2.84. The van der Waals surface area contributed by atoms with Gasteiger partial charge in [0.05, 0.1) is 6.54 Å². The number of hydrogen-bond donors (Lipinski definition) is 1. The molecule has 0 saturated heterocycles. The van der Waals surface area contributed by atoms with E-state index in [9.17, 15) is 9.59 Å². The highest BCUT2D eigenvalue weighted by molar-refractivity contribution is 5.69. The van der Waals surface area contributed by atoms with E-state index in [4.69, 9.17) is 14.6 Å². The number of benzene rings is 1. The molecule has 23 heavy (non-hydrogen) atoms. The number of carboxylic acid groups (broad SMARTS) is 1. The number of ether oxygens (including phenoxy) is 2. The highest BCUT2D eigenvalue weighted by Gasteiger charge is 2.22. The van der Waals surface area contributed by atoms with Crippen LogP contribution in [0.25, 0.3) is 0 Å². The Labute approximate surface area is 137 Å². The maximum absolute atomic E-state index is 12.2. The molecule has 0 aliphatic heterocycles. The molecule has 1 aromatic carbocycles. The third kappa shape index (κ3) is 8.70. The monoisotopic (exact) mass is 323 g/mol. The predicted octanol–water partition coefficient (Wildman–Crippen LogP) is 3.17. The van der Waals surface area contributed by atoms with Gasteiger partial charge < -0.3 is 19.5 Å². The molecule has 0 aliphatic carbocycles. The molecule has 128 valence electrons. The molecular weight excluding hydrogens is 298 g/mol. The van der Waals surface area contributed by atoms with Crippen LogP contribution >= 0.6 is 0 Å². The maximum Gasteiger partial charge on any atom is 0.410 e. The summed E-state index contributed by atoms with van der Waals surface area (Å²) in [6.45, 7) is 6.35. The second kappa shape index (κ2) is 9.02. The SMILES string of the molecule is CC(C)(C)OC(=O)N(CCCC(=O)O)CCOc1ccccc1. The summed E-state index contributed by atoms with van der Waals surface area (Å²) in [7, 11) is 0. The first kappa shape index (κ1) is 18.8. The van der Waals surface area contributed by atoms with Crippen LogP contribution in [0.1, 0.15) is 33.6 Å². The van der Waals surface area contributed by atoms with Crippen LogP contribution < -0.4 is 4.74 Å². The number of carbonyl (C=O) groups excluding carboxylic acids is 1. The molecule has 0 saturated carbocycles. The van der Waals surface area contributed by atoms with Crippen LogP contribution in [0.3, 0.4) is 0 Å². The Morgan fingerprint density at radius 3 is 2.35 bits per heavy atom. The Kier molecular flexibility index (Phi) is 7.38. The van der Waals surface area contributed by atoms with Gasteiger partial charge in [0, 0.05) is 13.0 Å². The van der Waals surface area contributed by atoms with E-state index in [2.05, 4.69) is 0 Å². The molecule has 0 bridgehead atoms. The van der Waals surface area contributed by atoms with Gasteiger partial charge in [-0.2, -0.15) is 0 Å². The summed E-state index contributed by atoms with van der Waals surface area (Å²) in [5.41, 5.74) is -0.595. The number of hydrogen-bond acceptors (Lipinski definition) is 4. The molecule has 1 N–H and O–H groups in total. The first-order valence-corrected chi connectivity index (χ1v) is 7.65. The van der Waals surface area contributed by atoms with E-state index in [0.29, 0.717) is 26.1 Å². The molecule has 0 spiro atoms. The van der Waals surface area contributed by atoms with Crippen molar-refractivity contribution < 1.29 is 24.2 Å². The van der Waals surface area contributed by atoms with Gasteiger partial charge in [0.15, 0.2) is 0 Å². The first-order chi connectivity index (χ1) is 10.8. The zero-order valence-electron chi connectivity index (χ0n) is 13.9. The van der Waals surface area contributed by atoms with E-state index in [0.717, 1.165) is 5.75 Å². The summed E-state index contributed by atoms with van der Waals surface area (Å²) in [6.07, 6.45) is -0.0711. The fraction of sp³-hybridized carbons (Fsp3) is 0.529. The van der Waals surface area contributed by atoms with Crippen molar-refractivity contribution in [1.82, 2.24) is 4.90 Å². The average molecular weight is 323 g/mol. The zero-order chi connectivity index (χ0) is 17.3. The number of amides is 1. The summed E-state index contributed by atoms with van der Waals surface area (Å²) < 4.78 is 10.9. The summed E-state index contributed by atoms with van der Waals surface area (Å²) in [4.78, 5) is 24.3. The first-order valence-electron chi connectivity index (χ1n) is 7.65. The standard InChI is InChI=1S/C17H25NO5/c1-17(2,3)23-16(21)18(11-7-10-15(19)20)12-13-22-14-8-5-4-6-9-14/h4-6,8-9H,7,10-13H2,1-3H3,(H,19,20). The van der Waals surface area contributed by atoms with E-state index in [-0.39, 0.29) is 6.42 Å². The van der Waals surface area contributed by atoms with Crippen molar-refractivity contribution in [2.45, 2.75) is 39.2 Å². The van der Waals surface area contributed by atoms with Gasteiger partial charge in [-0.25, -0.2) is 4.79 Å². The van der Waals surface area contributed by atoms with Crippen LogP contribution in [0, 0.1) is 0 Å². The number of carboxylic acids is 1. The summed E-state index contributed by atoms with van der Waals surface area (Å²) in [6, 6.07) is 9.30. The molecule has 0 radical (unpaired) electrons. The molecule has 0 fully saturated rings. The lowest BCUT2D eigenvalue weighted by Crippen LogP contribution is -2.39. The molecular formula is C17H25NO5. The van der Waals surface area contributed by atoms with Crippen LogP contribution in [0.2, 0.25) is 0 Å². The smallest absolute Gasteiger partial charge is 0.410 e. The second-order valence-electron chi connectivity index (χ2n) is 6.13. The van der Waals surface area contributed by atoms with Gasteiger partial charge in [0.1, 0.15) is 18.0 Å². The van der Waals surface area contributed by atoms with Gasteiger partial charge in [0.25, 0.3) is 0 Å². The molecule has 0 heterocycles. The van der Waals surface area contributed by atoms with Gasteiger partial charge in [-0.1, -0.05) is 18.2 Å². The van der Waals surface area contributed by atoms with Crippen molar-refractivity contribution in [2.24, 2.45) is 0 Å². The largest absolute Gasteiger partial charge is 0.492 e. The number of rotatable bonds is 8. The van der Waals surface area contributed by atoms with Crippen molar-refractivity contribution in [3.05, 3.63) is 30.3 Å². The molecule has 0 atom stereocenters. The normalized spacial score (nSPS) is 10.9. The van der Waals surface area contributed by atoms with E-state index in [1.807, 2.05) is 30.3 Å². The average Bonchev–Trinajstić information content (AvgIpc) is 2.44. The minimum Gasteiger partial charge on any atom is -0.492 e. The van der Waals surface area contributed by atoms with Crippen LogP contribution in [0.4, 0.5) is 4.79 Å². The quantitative estimate of drug-likeness (QED) is 0.795. The zero-order valence-corrected chi connectivity index (χ0v) is 13.9. The Hall–Kier alpha value is -2.24. The molecule has 0 aromatic heterocycles. The molecule has 1 amide bonds. The highest BCUT2D eigenvalue weighted by atomic mass is 16.6. The van der Waals surface area contributed by atoms with Crippen LogP contribution in [0.5, 0.6) is 5.75 Å². The number of aliphatic carboxylic acids is 1. The van der Waals surface area contributed by atoms with E-state index < -0.39 is 17.7 Å². The molecule has 0 aliphatic rings. The lowest BCUT2D eigenvalue weighted by Gasteiger charge is -2.27. The molecule has 1 aromatic rings. The Balaban J connectivity index is 2.52. The van der Waals surface area contributed by atoms with Gasteiger partial charge in [-0.05, 0) is 39.3 Å². The Morgan fingerprint density at radius 1 is 1.13 bits per heavy atom. The summed E-state index contributed by atoms with van der Waals surface area (Å²) in [5.74, 6) is -0.156. The van der Waals surface area contributed by atoms with Crippen molar-refractivity contribution in [3.63, 3.8) is 0 Å². The lowest BCUT2D eigenvalue weighted by atomic mass is 10.2. The highest BCUT2D eigenvalue weighted by Crippen LogP contribution is 2.12. The Morgan fingerprint density at radius 2 is 1.78 bits per heavy atom. The fourth-order valence-electron chi connectivity index (χ4n) is 1.83. The lowest BCUT2D eigenvalue weighted by molar-refractivity contribution is -0.137. The molecule has 6 heteroatoms.